The van der Waals surface area contributed by atoms with Crippen molar-refractivity contribution in [2.24, 2.45) is 0 Å². The molecule has 3 heteroatoms. The van der Waals surface area contributed by atoms with Crippen LogP contribution in [0.2, 0.25) is 0 Å². The van der Waals surface area contributed by atoms with Crippen molar-refractivity contribution in [3.8, 4) is 17.6 Å². The van der Waals surface area contributed by atoms with Crippen LogP contribution >= 0.6 is 11.8 Å². The summed E-state index contributed by atoms with van der Waals surface area (Å²) in [4.78, 5) is 10.7. The predicted octanol–water partition coefficient (Wildman–Crippen LogP) is 3.18. The molecule has 90 valence electrons. The normalized spacial score (nSPS) is 9.83. The molecule has 2 aromatic rings. The van der Waals surface area contributed by atoms with Gasteiger partial charge in [0.1, 0.15) is 5.75 Å². The van der Waals surface area contributed by atoms with E-state index in [1.807, 2.05) is 24.3 Å². The molecule has 2 rings (SSSR count). The van der Waals surface area contributed by atoms with E-state index in [-0.39, 0.29) is 10.9 Å². The van der Waals surface area contributed by atoms with Crippen LogP contribution in [0.4, 0.5) is 0 Å². The van der Waals surface area contributed by atoms with Crippen molar-refractivity contribution in [3.63, 3.8) is 0 Å². The number of thioether (sulfide) groups is 1. The number of carbonyl (C=O) groups is 1. The Bertz CT molecular complexity index is 650. The molecular formula is C15H12O2S. The van der Waals surface area contributed by atoms with Crippen molar-refractivity contribution in [1.82, 2.24) is 0 Å². The molecule has 0 radical (unpaired) electrons. The SMILES string of the molecule is CC(=O)SCC#Cc1ccc2cc(O)ccc2c1. The predicted molar refractivity (Wildman–Crippen MR) is 75.6 cm³/mol. The lowest BCUT2D eigenvalue weighted by Crippen LogP contribution is -1.82. The fourth-order valence-corrected chi connectivity index (χ4v) is 1.93. The zero-order valence-corrected chi connectivity index (χ0v) is 10.8. The van der Waals surface area contributed by atoms with Gasteiger partial charge in [0.05, 0.1) is 5.75 Å². The van der Waals surface area contributed by atoms with Crippen molar-refractivity contribution in [1.29, 1.82) is 0 Å². The lowest BCUT2D eigenvalue weighted by molar-refractivity contribution is -0.109. The van der Waals surface area contributed by atoms with Gasteiger partial charge in [-0.15, -0.1) is 0 Å². The molecule has 0 saturated heterocycles. The Balaban J connectivity index is 2.20. The van der Waals surface area contributed by atoms with Crippen molar-refractivity contribution in [3.05, 3.63) is 42.0 Å². The van der Waals surface area contributed by atoms with Gasteiger partial charge in [0.15, 0.2) is 5.12 Å². The molecule has 0 aliphatic heterocycles. The first kappa shape index (κ1) is 12.5. The lowest BCUT2D eigenvalue weighted by Gasteiger charge is -1.99. The Labute approximate surface area is 110 Å². The lowest BCUT2D eigenvalue weighted by atomic mass is 10.1. The number of rotatable bonds is 1. The van der Waals surface area contributed by atoms with Crippen LogP contribution in [-0.2, 0) is 4.79 Å². The standard InChI is InChI=1S/C15H12O2S/c1-11(16)18-8-2-3-12-4-5-14-10-15(17)7-6-13(14)9-12/h4-7,9-10,17H,8H2,1H3. The molecule has 1 N–H and O–H groups in total. The van der Waals surface area contributed by atoms with E-state index in [4.69, 9.17) is 0 Å². The van der Waals surface area contributed by atoms with Crippen LogP contribution in [0, 0.1) is 11.8 Å². The molecule has 2 nitrogen and oxygen atoms in total. The molecule has 0 heterocycles. The molecule has 0 amide bonds. The number of phenolic OH excluding ortho intramolecular Hbond substituents is 1. The van der Waals surface area contributed by atoms with Gasteiger partial charge < -0.3 is 5.11 Å². The zero-order valence-electron chi connectivity index (χ0n) is 9.93. The monoisotopic (exact) mass is 256 g/mol. The fraction of sp³-hybridized carbons (Fsp3) is 0.133. The number of fused-ring (bicyclic) bond motifs is 1. The number of carbonyl (C=O) groups excluding carboxylic acids is 1. The highest BCUT2D eigenvalue weighted by molar-refractivity contribution is 8.13. The maximum absolute atomic E-state index is 10.7. The van der Waals surface area contributed by atoms with E-state index in [2.05, 4.69) is 11.8 Å². The van der Waals surface area contributed by atoms with E-state index in [1.54, 1.807) is 12.1 Å². The van der Waals surface area contributed by atoms with Crippen molar-refractivity contribution in [2.75, 3.05) is 5.75 Å². The molecule has 0 fully saturated rings. The van der Waals surface area contributed by atoms with Crippen LogP contribution in [0.5, 0.6) is 5.75 Å². The largest absolute Gasteiger partial charge is 0.508 e. The minimum absolute atomic E-state index is 0.0817. The minimum Gasteiger partial charge on any atom is -0.508 e. The van der Waals surface area contributed by atoms with Gasteiger partial charge in [-0.2, -0.15) is 0 Å². The number of aromatic hydroxyl groups is 1. The quantitative estimate of drug-likeness (QED) is 0.796. The number of benzene rings is 2. The van der Waals surface area contributed by atoms with Crippen LogP contribution in [0.15, 0.2) is 36.4 Å². The van der Waals surface area contributed by atoms with Gasteiger partial charge in [0.25, 0.3) is 0 Å². The maximum Gasteiger partial charge on any atom is 0.186 e. The van der Waals surface area contributed by atoms with E-state index < -0.39 is 0 Å². The summed E-state index contributed by atoms with van der Waals surface area (Å²) < 4.78 is 0. The van der Waals surface area contributed by atoms with Crippen molar-refractivity contribution < 1.29 is 9.90 Å². The Hall–Kier alpha value is -1.92. The number of phenols is 1. The molecule has 0 spiro atoms. The number of hydrogen-bond acceptors (Lipinski definition) is 3. The highest BCUT2D eigenvalue weighted by atomic mass is 32.2. The highest BCUT2D eigenvalue weighted by Crippen LogP contribution is 2.20. The second-order valence-electron chi connectivity index (χ2n) is 3.83. The zero-order chi connectivity index (χ0) is 13.0. The van der Waals surface area contributed by atoms with E-state index in [0.717, 1.165) is 16.3 Å². The van der Waals surface area contributed by atoms with Crippen LogP contribution in [0.25, 0.3) is 10.8 Å². The maximum atomic E-state index is 10.7. The average molecular weight is 256 g/mol. The summed E-state index contributed by atoms with van der Waals surface area (Å²) in [6.07, 6.45) is 0. The molecule has 2 aromatic carbocycles. The second kappa shape index (κ2) is 5.61. The Morgan fingerprint density at radius 2 is 1.94 bits per heavy atom. The molecule has 0 saturated carbocycles. The third kappa shape index (κ3) is 3.28. The summed E-state index contributed by atoms with van der Waals surface area (Å²) in [5, 5.41) is 11.5. The smallest absolute Gasteiger partial charge is 0.186 e. The summed E-state index contributed by atoms with van der Waals surface area (Å²) in [6, 6.07) is 11.0. The van der Waals surface area contributed by atoms with E-state index in [0.29, 0.717) is 5.75 Å². The van der Waals surface area contributed by atoms with E-state index in [9.17, 15) is 9.90 Å². The van der Waals surface area contributed by atoms with Crippen LogP contribution in [0.1, 0.15) is 12.5 Å². The van der Waals surface area contributed by atoms with Crippen molar-refractivity contribution in [2.45, 2.75) is 6.92 Å². The average Bonchev–Trinajstić information content (AvgIpc) is 2.34. The summed E-state index contributed by atoms with van der Waals surface area (Å²) in [5.74, 6) is 6.75. The van der Waals surface area contributed by atoms with Gasteiger partial charge in [-0.3, -0.25) is 4.79 Å². The number of hydrogen-bond donors (Lipinski definition) is 1. The second-order valence-corrected chi connectivity index (χ2v) is 4.98. The Kier molecular flexibility index (Phi) is 3.91. The van der Waals surface area contributed by atoms with Gasteiger partial charge in [0, 0.05) is 12.5 Å². The van der Waals surface area contributed by atoms with E-state index >= 15 is 0 Å². The Morgan fingerprint density at radius 1 is 1.22 bits per heavy atom. The molecule has 0 aliphatic carbocycles. The van der Waals surface area contributed by atoms with Gasteiger partial charge in [-0.1, -0.05) is 35.7 Å². The van der Waals surface area contributed by atoms with Gasteiger partial charge >= 0.3 is 0 Å². The van der Waals surface area contributed by atoms with Crippen molar-refractivity contribution >= 4 is 27.6 Å². The third-order valence-electron chi connectivity index (χ3n) is 2.40. The van der Waals surface area contributed by atoms with Crippen LogP contribution in [-0.4, -0.2) is 16.0 Å². The van der Waals surface area contributed by atoms with Gasteiger partial charge in [-0.05, 0) is 35.0 Å². The first-order valence-electron chi connectivity index (χ1n) is 5.50. The summed E-state index contributed by atoms with van der Waals surface area (Å²) >= 11 is 1.21. The Morgan fingerprint density at radius 3 is 2.72 bits per heavy atom. The topological polar surface area (TPSA) is 37.3 Å². The molecular weight excluding hydrogens is 244 g/mol. The third-order valence-corrected chi connectivity index (χ3v) is 3.10. The highest BCUT2D eigenvalue weighted by Gasteiger charge is 1.96. The summed E-state index contributed by atoms with van der Waals surface area (Å²) in [6.45, 7) is 1.54. The fourth-order valence-electron chi connectivity index (χ4n) is 1.59. The minimum atomic E-state index is 0.0817. The molecule has 0 unspecified atom stereocenters. The van der Waals surface area contributed by atoms with Crippen LogP contribution < -0.4 is 0 Å². The van der Waals surface area contributed by atoms with Crippen LogP contribution in [0.3, 0.4) is 0 Å². The molecule has 0 aliphatic rings. The molecule has 18 heavy (non-hydrogen) atoms. The van der Waals surface area contributed by atoms with Gasteiger partial charge in [0.2, 0.25) is 0 Å². The summed E-state index contributed by atoms with van der Waals surface area (Å²) in [7, 11) is 0. The van der Waals surface area contributed by atoms with Gasteiger partial charge in [-0.25, -0.2) is 0 Å². The van der Waals surface area contributed by atoms with E-state index in [1.165, 1.54) is 18.7 Å². The molecule has 0 aromatic heterocycles. The summed E-state index contributed by atoms with van der Waals surface area (Å²) in [5.41, 5.74) is 0.914. The first-order chi connectivity index (χ1) is 8.65. The molecule has 0 bridgehead atoms. The molecule has 0 atom stereocenters. The first-order valence-corrected chi connectivity index (χ1v) is 6.49.